The molecular formula is C14H22N2O4S. The van der Waals surface area contributed by atoms with E-state index in [1.165, 1.54) is 4.31 Å². The van der Waals surface area contributed by atoms with Gasteiger partial charge in [-0.05, 0) is 37.5 Å². The number of anilines is 1. The van der Waals surface area contributed by atoms with Gasteiger partial charge in [0.2, 0.25) is 10.0 Å². The van der Waals surface area contributed by atoms with Crippen molar-refractivity contribution >= 4 is 15.7 Å². The number of piperidine rings is 1. The number of hydrogen-bond acceptors (Lipinski definition) is 5. The van der Waals surface area contributed by atoms with Gasteiger partial charge >= 0.3 is 0 Å². The molecule has 1 saturated heterocycles. The van der Waals surface area contributed by atoms with Gasteiger partial charge in [0.05, 0.1) is 25.0 Å². The quantitative estimate of drug-likeness (QED) is 0.782. The minimum Gasteiger partial charge on any atom is -0.398 e. The fourth-order valence-electron chi connectivity index (χ4n) is 2.50. The van der Waals surface area contributed by atoms with Crippen LogP contribution in [0.5, 0.6) is 0 Å². The van der Waals surface area contributed by atoms with Crippen molar-refractivity contribution in [3.8, 4) is 0 Å². The van der Waals surface area contributed by atoms with Crippen molar-refractivity contribution in [2.24, 2.45) is 0 Å². The van der Waals surface area contributed by atoms with Crippen molar-refractivity contribution in [1.82, 2.24) is 4.31 Å². The molecule has 2 rings (SSSR count). The molecule has 6 nitrogen and oxygen atoms in total. The Hall–Kier alpha value is -1.15. The summed E-state index contributed by atoms with van der Waals surface area (Å²) >= 11 is 0. The summed E-state index contributed by atoms with van der Waals surface area (Å²) in [6.07, 6.45) is 1.27. The third-order valence-electron chi connectivity index (χ3n) is 3.63. The molecule has 0 atom stereocenters. The van der Waals surface area contributed by atoms with Crippen molar-refractivity contribution in [3.05, 3.63) is 23.8 Å². The first-order valence-electron chi connectivity index (χ1n) is 7.04. The van der Waals surface area contributed by atoms with Gasteiger partial charge in [-0.15, -0.1) is 0 Å². The van der Waals surface area contributed by atoms with Crippen molar-refractivity contribution in [1.29, 1.82) is 0 Å². The van der Waals surface area contributed by atoms with E-state index in [1.807, 2.05) is 6.92 Å². The number of aliphatic hydroxyl groups excluding tert-OH is 1. The van der Waals surface area contributed by atoms with E-state index in [2.05, 4.69) is 0 Å². The van der Waals surface area contributed by atoms with Crippen LogP contribution in [0.15, 0.2) is 23.1 Å². The van der Waals surface area contributed by atoms with Crippen molar-refractivity contribution < 1.29 is 18.3 Å². The van der Waals surface area contributed by atoms with Gasteiger partial charge in [0.1, 0.15) is 4.90 Å². The summed E-state index contributed by atoms with van der Waals surface area (Å²) in [7, 11) is -3.55. The zero-order valence-electron chi connectivity index (χ0n) is 12.2. The predicted octanol–water partition coefficient (Wildman–Crippen LogP) is 0.739. The molecule has 0 bridgehead atoms. The molecule has 1 heterocycles. The Kier molecular flexibility index (Phi) is 5.21. The average Bonchev–Trinajstić information content (AvgIpc) is 2.45. The van der Waals surface area contributed by atoms with Crippen LogP contribution in [0.4, 0.5) is 5.69 Å². The number of nitrogen functional groups attached to an aromatic ring is 1. The molecule has 7 heteroatoms. The second-order valence-corrected chi connectivity index (χ2v) is 7.15. The maximum atomic E-state index is 12.6. The molecule has 1 aliphatic heterocycles. The molecule has 0 aromatic heterocycles. The van der Waals surface area contributed by atoms with Crippen LogP contribution in [0.1, 0.15) is 18.4 Å². The van der Waals surface area contributed by atoms with Gasteiger partial charge in [-0.2, -0.15) is 4.31 Å². The molecule has 1 aliphatic rings. The lowest BCUT2D eigenvalue weighted by molar-refractivity contribution is 0.00319. The van der Waals surface area contributed by atoms with Gasteiger partial charge in [-0.25, -0.2) is 8.42 Å². The molecule has 1 fully saturated rings. The molecule has 3 N–H and O–H groups in total. The molecule has 0 aliphatic carbocycles. The van der Waals surface area contributed by atoms with Gasteiger partial charge in [-0.3, -0.25) is 0 Å². The van der Waals surface area contributed by atoms with Gasteiger partial charge < -0.3 is 15.6 Å². The van der Waals surface area contributed by atoms with Crippen LogP contribution in [0.3, 0.4) is 0 Å². The normalized spacial score (nSPS) is 18.0. The number of hydrogen-bond donors (Lipinski definition) is 2. The lowest BCUT2D eigenvalue weighted by Gasteiger charge is -2.31. The fraction of sp³-hybridized carbons (Fsp3) is 0.571. The summed E-state index contributed by atoms with van der Waals surface area (Å²) in [6, 6.07) is 4.98. The van der Waals surface area contributed by atoms with E-state index in [-0.39, 0.29) is 23.3 Å². The fourth-order valence-corrected chi connectivity index (χ4v) is 4.07. The Balaban J connectivity index is 2.08. The molecule has 0 radical (unpaired) electrons. The van der Waals surface area contributed by atoms with Crippen LogP contribution in [0, 0.1) is 6.92 Å². The molecule has 1 aromatic carbocycles. The lowest BCUT2D eigenvalue weighted by atomic mass is 10.1. The number of aliphatic hydroxyl groups is 1. The standard InChI is InChI=1S/C14H22N2O4S/c1-11-2-3-14(13(15)10-11)21(18,19)16-6-4-12(5-7-16)20-9-8-17/h2-3,10,12,17H,4-9,15H2,1H3. The zero-order chi connectivity index (χ0) is 15.5. The first kappa shape index (κ1) is 16.2. The van der Waals surface area contributed by atoms with E-state index in [4.69, 9.17) is 15.6 Å². The van der Waals surface area contributed by atoms with Crippen molar-refractivity contribution in [2.45, 2.75) is 30.8 Å². The topological polar surface area (TPSA) is 92.9 Å². The predicted molar refractivity (Wildman–Crippen MR) is 80.4 cm³/mol. The number of nitrogens with zero attached hydrogens (tertiary/aromatic N) is 1. The van der Waals surface area contributed by atoms with Gasteiger partial charge in [0.25, 0.3) is 0 Å². The Morgan fingerprint density at radius 1 is 1.38 bits per heavy atom. The summed E-state index contributed by atoms with van der Waals surface area (Å²) < 4.78 is 32.1. The van der Waals surface area contributed by atoms with Crippen LogP contribution >= 0.6 is 0 Å². The maximum Gasteiger partial charge on any atom is 0.245 e. The highest BCUT2D eigenvalue weighted by Crippen LogP contribution is 2.26. The Morgan fingerprint density at radius 2 is 2.05 bits per heavy atom. The highest BCUT2D eigenvalue weighted by Gasteiger charge is 2.30. The highest BCUT2D eigenvalue weighted by molar-refractivity contribution is 7.89. The third-order valence-corrected chi connectivity index (χ3v) is 5.60. The van der Waals surface area contributed by atoms with Crippen molar-refractivity contribution in [3.63, 3.8) is 0 Å². The SMILES string of the molecule is Cc1ccc(S(=O)(=O)N2CCC(OCCO)CC2)c(N)c1. The Labute approximate surface area is 125 Å². The minimum absolute atomic E-state index is 0.0129. The van der Waals surface area contributed by atoms with Crippen LogP contribution in [0.2, 0.25) is 0 Å². The summed E-state index contributed by atoms with van der Waals surface area (Å²) in [5.41, 5.74) is 7.07. The smallest absolute Gasteiger partial charge is 0.245 e. The highest BCUT2D eigenvalue weighted by atomic mass is 32.2. The van der Waals surface area contributed by atoms with Crippen molar-refractivity contribution in [2.75, 3.05) is 32.0 Å². The molecule has 118 valence electrons. The van der Waals surface area contributed by atoms with E-state index in [9.17, 15) is 8.42 Å². The lowest BCUT2D eigenvalue weighted by Crippen LogP contribution is -2.41. The van der Waals surface area contributed by atoms with E-state index < -0.39 is 10.0 Å². The molecule has 0 spiro atoms. The van der Waals surface area contributed by atoms with E-state index in [0.29, 0.717) is 32.5 Å². The van der Waals surface area contributed by atoms with E-state index in [0.717, 1.165) is 5.56 Å². The number of rotatable bonds is 5. The number of benzene rings is 1. The van der Waals surface area contributed by atoms with E-state index in [1.54, 1.807) is 18.2 Å². The van der Waals surface area contributed by atoms with Gasteiger partial charge in [-0.1, -0.05) is 6.07 Å². The summed E-state index contributed by atoms with van der Waals surface area (Å²) in [5.74, 6) is 0. The number of aryl methyl sites for hydroxylation is 1. The minimum atomic E-state index is -3.55. The zero-order valence-corrected chi connectivity index (χ0v) is 13.0. The maximum absolute atomic E-state index is 12.6. The summed E-state index contributed by atoms with van der Waals surface area (Å²) in [6.45, 7) is 2.97. The van der Waals surface area contributed by atoms with Gasteiger partial charge in [0.15, 0.2) is 0 Å². The summed E-state index contributed by atoms with van der Waals surface area (Å²) in [4.78, 5) is 0.169. The first-order valence-corrected chi connectivity index (χ1v) is 8.48. The third kappa shape index (κ3) is 3.74. The first-order chi connectivity index (χ1) is 9.95. The molecule has 0 amide bonds. The largest absolute Gasteiger partial charge is 0.398 e. The number of sulfonamides is 1. The molecule has 21 heavy (non-hydrogen) atoms. The monoisotopic (exact) mass is 314 g/mol. The molecule has 0 unspecified atom stereocenters. The molecule has 1 aromatic rings. The Bertz CT molecular complexity index is 581. The Morgan fingerprint density at radius 3 is 2.62 bits per heavy atom. The van der Waals surface area contributed by atoms with E-state index >= 15 is 0 Å². The summed E-state index contributed by atoms with van der Waals surface area (Å²) in [5, 5.41) is 8.73. The number of ether oxygens (including phenoxy) is 1. The van der Waals surface area contributed by atoms with Gasteiger partial charge in [0, 0.05) is 13.1 Å². The molecular weight excluding hydrogens is 292 g/mol. The average molecular weight is 314 g/mol. The number of nitrogens with two attached hydrogens (primary N) is 1. The van der Waals surface area contributed by atoms with Crippen LogP contribution in [-0.2, 0) is 14.8 Å². The van der Waals surface area contributed by atoms with Crippen LogP contribution in [-0.4, -0.2) is 50.2 Å². The van der Waals surface area contributed by atoms with Crippen LogP contribution < -0.4 is 5.73 Å². The second-order valence-electron chi connectivity index (χ2n) is 5.24. The van der Waals surface area contributed by atoms with Crippen LogP contribution in [0.25, 0.3) is 0 Å². The second kappa shape index (κ2) is 6.74. The molecule has 0 saturated carbocycles.